The first-order chi connectivity index (χ1) is 9.83. The van der Waals surface area contributed by atoms with Gasteiger partial charge in [0.05, 0.1) is 11.6 Å². The molecule has 0 fully saturated rings. The molecule has 20 heavy (non-hydrogen) atoms. The van der Waals surface area contributed by atoms with E-state index in [9.17, 15) is 0 Å². The number of anilines is 1. The van der Waals surface area contributed by atoms with Crippen LogP contribution in [0.1, 0.15) is 17.5 Å². The number of aliphatic hydroxyl groups excluding tert-OH is 1. The van der Waals surface area contributed by atoms with Crippen molar-refractivity contribution in [3.05, 3.63) is 65.7 Å². The Bertz CT molecular complexity index is 558. The van der Waals surface area contributed by atoms with E-state index in [-0.39, 0.29) is 6.61 Å². The highest BCUT2D eigenvalue weighted by atomic mass is 16.3. The summed E-state index contributed by atoms with van der Waals surface area (Å²) >= 11 is 0. The summed E-state index contributed by atoms with van der Waals surface area (Å²) in [6.07, 6.45) is 0.741. The fourth-order valence-electron chi connectivity index (χ4n) is 2.10. The van der Waals surface area contributed by atoms with Crippen molar-refractivity contribution in [1.29, 1.82) is 5.26 Å². The second-order valence-corrected chi connectivity index (χ2v) is 4.64. The van der Waals surface area contributed by atoms with Crippen molar-refractivity contribution in [2.45, 2.75) is 13.0 Å². The Labute approximate surface area is 119 Å². The molecule has 0 saturated carbocycles. The molecule has 0 atom stereocenters. The quantitative estimate of drug-likeness (QED) is 0.874. The van der Waals surface area contributed by atoms with Gasteiger partial charge in [0.25, 0.3) is 0 Å². The van der Waals surface area contributed by atoms with Crippen molar-refractivity contribution >= 4 is 5.69 Å². The minimum absolute atomic E-state index is 0.191. The van der Waals surface area contributed by atoms with E-state index in [1.54, 1.807) is 0 Å². The van der Waals surface area contributed by atoms with Crippen LogP contribution in [-0.2, 0) is 6.54 Å². The highest BCUT2D eigenvalue weighted by Gasteiger charge is 2.06. The number of rotatable bonds is 6. The lowest BCUT2D eigenvalue weighted by Gasteiger charge is -2.24. The SMILES string of the molecule is N#Cc1ccc(CN(CCCO)c2ccccc2)cc1. The smallest absolute Gasteiger partial charge is 0.0991 e. The lowest BCUT2D eigenvalue weighted by molar-refractivity contribution is 0.289. The molecule has 2 aromatic carbocycles. The number of para-hydroxylation sites is 1. The number of hydrogen-bond acceptors (Lipinski definition) is 3. The maximum atomic E-state index is 9.03. The van der Waals surface area contributed by atoms with E-state index >= 15 is 0 Å². The monoisotopic (exact) mass is 266 g/mol. The molecule has 0 saturated heterocycles. The molecule has 0 radical (unpaired) electrons. The van der Waals surface area contributed by atoms with Crippen molar-refractivity contribution in [3.8, 4) is 6.07 Å². The maximum Gasteiger partial charge on any atom is 0.0991 e. The minimum Gasteiger partial charge on any atom is -0.396 e. The Balaban J connectivity index is 2.13. The third-order valence-corrected chi connectivity index (χ3v) is 3.16. The molecule has 0 unspecified atom stereocenters. The summed E-state index contributed by atoms with van der Waals surface area (Å²) < 4.78 is 0. The van der Waals surface area contributed by atoms with Crippen LogP contribution in [0.2, 0.25) is 0 Å². The standard InChI is InChI=1S/C17H18N2O/c18-13-15-7-9-16(10-8-15)14-19(11-4-12-20)17-5-2-1-3-6-17/h1-3,5-10,20H,4,11-12,14H2. The summed E-state index contributed by atoms with van der Waals surface area (Å²) in [5.41, 5.74) is 2.98. The molecule has 3 nitrogen and oxygen atoms in total. The van der Waals surface area contributed by atoms with Crippen LogP contribution in [0.3, 0.4) is 0 Å². The van der Waals surface area contributed by atoms with Crippen LogP contribution in [0.4, 0.5) is 5.69 Å². The minimum atomic E-state index is 0.191. The number of nitriles is 1. The number of hydrogen-bond donors (Lipinski definition) is 1. The summed E-state index contributed by atoms with van der Waals surface area (Å²) in [5.74, 6) is 0. The van der Waals surface area contributed by atoms with E-state index in [1.165, 1.54) is 0 Å². The van der Waals surface area contributed by atoms with Gasteiger partial charge in [-0.3, -0.25) is 0 Å². The van der Waals surface area contributed by atoms with Gasteiger partial charge in [0.2, 0.25) is 0 Å². The molecule has 2 aromatic rings. The van der Waals surface area contributed by atoms with Crippen molar-refractivity contribution in [2.24, 2.45) is 0 Å². The molecule has 0 aliphatic heterocycles. The molecule has 0 aliphatic rings. The summed E-state index contributed by atoms with van der Waals surface area (Å²) in [4.78, 5) is 2.23. The molecule has 3 heteroatoms. The third kappa shape index (κ3) is 3.84. The molecule has 0 bridgehead atoms. The van der Waals surface area contributed by atoms with E-state index in [0.717, 1.165) is 30.8 Å². The summed E-state index contributed by atoms with van der Waals surface area (Å²) in [5, 5.41) is 17.9. The van der Waals surface area contributed by atoms with Crippen LogP contribution in [0, 0.1) is 11.3 Å². The summed E-state index contributed by atoms with van der Waals surface area (Å²) in [7, 11) is 0. The Morgan fingerprint density at radius 1 is 1.00 bits per heavy atom. The van der Waals surface area contributed by atoms with E-state index < -0.39 is 0 Å². The van der Waals surface area contributed by atoms with Gasteiger partial charge in [0.15, 0.2) is 0 Å². The molecule has 0 aliphatic carbocycles. The van der Waals surface area contributed by atoms with Gasteiger partial charge in [-0.15, -0.1) is 0 Å². The Morgan fingerprint density at radius 2 is 1.70 bits per heavy atom. The Hall–Kier alpha value is -2.31. The van der Waals surface area contributed by atoms with Crippen LogP contribution >= 0.6 is 0 Å². The average Bonchev–Trinajstić information content (AvgIpc) is 2.53. The van der Waals surface area contributed by atoms with E-state index in [1.807, 2.05) is 42.5 Å². The molecule has 0 aromatic heterocycles. The van der Waals surface area contributed by atoms with Gasteiger partial charge in [0.1, 0.15) is 0 Å². The zero-order chi connectivity index (χ0) is 14.2. The second-order valence-electron chi connectivity index (χ2n) is 4.64. The average molecular weight is 266 g/mol. The predicted octanol–water partition coefficient (Wildman–Crippen LogP) is 2.95. The van der Waals surface area contributed by atoms with Gasteiger partial charge >= 0.3 is 0 Å². The summed E-state index contributed by atoms with van der Waals surface area (Å²) in [6, 6.07) is 19.9. The first-order valence-corrected chi connectivity index (χ1v) is 6.73. The van der Waals surface area contributed by atoms with E-state index in [4.69, 9.17) is 10.4 Å². The fraction of sp³-hybridized carbons (Fsp3) is 0.235. The molecule has 0 heterocycles. The zero-order valence-corrected chi connectivity index (χ0v) is 11.4. The topological polar surface area (TPSA) is 47.3 Å². The van der Waals surface area contributed by atoms with Crippen LogP contribution in [0.15, 0.2) is 54.6 Å². The van der Waals surface area contributed by atoms with Crippen LogP contribution in [0.5, 0.6) is 0 Å². The van der Waals surface area contributed by atoms with E-state index in [0.29, 0.717) is 5.56 Å². The first-order valence-electron chi connectivity index (χ1n) is 6.73. The lowest BCUT2D eigenvalue weighted by Crippen LogP contribution is -2.24. The van der Waals surface area contributed by atoms with Crippen LogP contribution < -0.4 is 4.90 Å². The van der Waals surface area contributed by atoms with Gasteiger partial charge < -0.3 is 10.0 Å². The normalized spacial score (nSPS) is 10.0. The molecule has 2 rings (SSSR count). The van der Waals surface area contributed by atoms with Gasteiger partial charge in [0, 0.05) is 25.4 Å². The molecule has 1 N–H and O–H groups in total. The molecular formula is C17H18N2O. The largest absolute Gasteiger partial charge is 0.396 e. The van der Waals surface area contributed by atoms with Crippen LogP contribution in [-0.4, -0.2) is 18.3 Å². The maximum absolute atomic E-state index is 9.03. The van der Waals surface area contributed by atoms with Crippen molar-refractivity contribution < 1.29 is 5.11 Å². The first kappa shape index (κ1) is 14.1. The Morgan fingerprint density at radius 3 is 2.30 bits per heavy atom. The van der Waals surface area contributed by atoms with Crippen LogP contribution in [0.25, 0.3) is 0 Å². The third-order valence-electron chi connectivity index (χ3n) is 3.16. The lowest BCUT2D eigenvalue weighted by atomic mass is 10.1. The fourth-order valence-corrected chi connectivity index (χ4v) is 2.10. The molecular weight excluding hydrogens is 248 g/mol. The highest BCUT2D eigenvalue weighted by molar-refractivity contribution is 5.47. The molecule has 0 amide bonds. The zero-order valence-electron chi connectivity index (χ0n) is 11.4. The number of aliphatic hydroxyl groups is 1. The van der Waals surface area contributed by atoms with Gasteiger partial charge in [-0.1, -0.05) is 30.3 Å². The molecule has 102 valence electrons. The second kappa shape index (κ2) is 7.32. The van der Waals surface area contributed by atoms with Crippen molar-refractivity contribution in [1.82, 2.24) is 0 Å². The number of benzene rings is 2. The highest BCUT2D eigenvalue weighted by Crippen LogP contribution is 2.17. The Kier molecular flexibility index (Phi) is 5.16. The van der Waals surface area contributed by atoms with Gasteiger partial charge in [-0.25, -0.2) is 0 Å². The summed E-state index contributed by atoms with van der Waals surface area (Å²) in [6.45, 7) is 1.77. The van der Waals surface area contributed by atoms with Gasteiger partial charge in [-0.2, -0.15) is 5.26 Å². The van der Waals surface area contributed by atoms with E-state index in [2.05, 4.69) is 23.1 Å². The predicted molar refractivity (Wildman–Crippen MR) is 80.4 cm³/mol. The van der Waals surface area contributed by atoms with Gasteiger partial charge in [-0.05, 0) is 36.2 Å². The number of nitrogens with zero attached hydrogens (tertiary/aromatic N) is 2. The van der Waals surface area contributed by atoms with Crippen molar-refractivity contribution in [2.75, 3.05) is 18.1 Å². The molecule has 0 spiro atoms. The van der Waals surface area contributed by atoms with Crippen molar-refractivity contribution in [3.63, 3.8) is 0 Å².